The highest BCUT2D eigenvalue weighted by Gasteiger charge is 2.22. The van der Waals surface area contributed by atoms with Gasteiger partial charge in [-0.25, -0.2) is 4.98 Å². The van der Waals surface area contributed by atoms with Crippen LogP contribution in [0.5, 0.6) is 0 Å². The van der Waals surface area contributed by atoms with E-state index in [1.807, 2.05) is 42.5 Å². The van der Waals surface area contributed by atoms with Crippen LogP contribution in [0.25, 0.3) is 0 Å². The quantitative estimate of drug-likeness (QED) is 0.740. The van der Waals surface area contributed by atoms with Crippen LogP contribution in [0.1, 0.15) is 24.0 Å². The van der Waals surface area contributed by atoms with Crippen LogP contribution in [0, 0.1) is 11.8 Å². The number of aromatic nitrogens is 1. The van der Waals surface area contributed by atoms with Crippen molar-refractivity contribution in [3.05, 3.63) is 59.8 Å². The van der Waals surface area contributed by atoms with Gasteiger partial charge in [-0.2, -0.15) is 0 Å². The largest absolute Gasteiger partial charge is 0.297 e. The zero-order valence-corrected chi connectivity index (χ0v) is 11.0. The molecule has 0 saturated carbocycles. The molecule has 0 radical (unpaired) electrons. The molecule has 3 heteroatoms. The van der Waals surface area contributed by atoms with Crippen LogP contribution in [0.15, 0.2) is 48.7 Å². The van der Waals surface area contributed by atoms with Crippen molar-refractivity contribution in [1.82, 2.24) is 4.98 Å². The molecule has 0 N–H and O–H groups in total. The second-order valence-corrected chi connectivity index (χ2v) is 4.67. The Balaban J connectivity index is 1.77. The van der Waals surface area contributed by atoms with Crippen LogP contribution in [0.2, 0.25) is 0 Å². The van der Waals surface area contributed by atoms with E-state index in [9.17, 15) is 4.79 Å². The molecule has 20 heavy (non-hydrogen) atoms. The average Bonchev–Trinajstić information content (AvgIpc) is 2.93. The minimum atomic E-state index is 0.153. The number of pyridine rings is 1. The van der Waals surface area contributed by atoms with Crippen molar-refractivity contribution < 1.29 is 4.79 Å². The summed E-state index contributed by atoms with van der Waals surface area (Å²) in [6, 6.07) is 13.6. The van der Waals surface area contributed by atoms with Gasteiger partial charge in [0.2, 0.25) is 5.91 Å². The summed E-state index contributed by atoms with van der Waals surface area (Å²) in [6.45, 7) is 0.765. The first kappa shape index (κ1) is 12.4. The zero-order chi connectivity index (χ0) is 13.8. The van der Waals surface area contributed by atoms with Crippen molar-refractivity contribution in [2.24, 2.45) is 0 Å². The Morgan fingerprint density at radius 3 is 2.45 bits per heavy atom. The molecule has 0 bridgehead atoms. The fraction of sp³-hybridized carbons (Fsp3) is 0.176. The summed E-state index contributed by atoms with van der Waals surface area (Å²) in [5, 5.41) is 0. The van der Waals surface area contributed by atoms with Gasteiger partial charge >= 0.3 is 0 Å². The van der Waals surface area contributed by atoms with Gasteiger partial charge in [-0.3, -0.25) is 9.69 Å². The van der Waals surface area contributed by atoms with E-state index >= 15 is 0 Å². The van der Waals surface area contributed by atoms with Crippen molar-refractivity contribution in [3.63, 3.8) is 0 Å². The van der Waals surface area contributed by atoms with Crippen molar-refractivity contribution in [1.29, 1.82) is 0 Å². The monoisotopic (exact) mass is 262 g/mol. The Labute approximate surface area is 118 Å². The van der Waals surface area contributed by atoms with Crippen molar-refractivity contribution >= 4 is 11.7 Å². The van der Waals surface area contributed by atoms with Crippen LogP contribution in [-0.4, -0.2) is 17.4 Å². The Hall–Kier alpha value is -2.60. The second-order valence-electron chi connectivity index (χ2n) is 4.67. The molecule has 0 atom stereocenters. The molecular formula is C17H14N2O. The van der Waals surface area contributed by atoms with Crippen LogP contribution in [0.3, 0.4) is 0 Å². The number of benzene rings is 1. The Morgan fingerprint density at radius 1 is 1.00 bits per heavy atom. The van der Waals surface area contributed by atoms with Gasteiger partial charge in [0.15, 0.2) is 0 Å². The maximum atomic E-state index is 11.6. The topological polar surface area (TPSA) is 33.2 Å². The molecule has 3 rings (SSSR count). The van der Waals surface area contributed by atoms with E-state index in [1.54, 1.807) is 11.1 Å². The molecule has 1 aliphatic heterocycles. The van der Waals surface area contributed by atoms with E-state index in [4.69, 9.17) is 0 Å². The summed E-state index contributed by atoms with van der Waals surface area (Å²) in [7, 11) is 0. The molecule has 1 saturated heterocycles. The first-order valence-electron chi connectivity index (χ1n) is 6.66. The number of nitrogens with zero attached hydrogens (tertiary/aromatic N) is 2. The molecule has 2 heterocycles. The number of hydrogen-bond donors (Lipinski definition) is 0. The molecule has 2 aromatic rings. The van der Waals surface area contributed by atoms with Gasteiger partial charge in [-0.15, -0.1) is 0 Å². The molecule has 98 valence electrons. The predicted octanol–water partition coefficient (Wildman–Crippen LogP) is 2.61. The number of hydrogen-bond acceptors (Lipinski definition) is 2. The number of amides is 1. The summed E-state index contributed by atoms with van der Waals surface area (Å²) in [6.07, 6.45) is 3.25. The van der Waals surface area contributed by atoms with Gasteiger partial charge < -0.3 is 0 Å². The number of carbonyl (C=O) groups excluding carboxylic acids is 1. The fourth-order valence-corrected chi connectivity index (χ4v) is 2.18. The Morgan fingerprint density at radius 2 is 1.80 bits per heavy atom. The maximum absolute atomic E-state index is 11.6. The van der Waals surface area contributed by atoms with Crippen LogP contribution >= 0.6 is 0 Å². The van der Waals surface area contributed by atoms with E-state index in [-0.39, 0.29) is 5.91 Å². The second kappa shape index (κ2) is 5.58. The third-order valence-electron chi connectivity index (χ3n) is 3.22. The average molecular weight is 262 g/mol. The van der Waals surface area contributed by atoms with Crippen molar-refractivity contribution in [2.75, 3.05) is 11.4 Å². The number of rotatable bonds is 1. The van der Waals surface area contributed by atoms with Crippen molar-refractivity contribution in [2.45, 2.75) is 12.8 Å². The highest BCUT2D eigenvalue weighted by Crippen LogP contribution is 2.18. The van der Waals surface area contributed by atoms with Crippen molar-refractivity contribution in [3.8, 4) is 11.8 Å². The molecule has 1 aromatic heterocycles. The molecule has 0 spiro atoms. The number of carbonyl (C=O) groups is 1. The lowest BCUT2D eigenvalue weighted by atomic mass is 10.2. The van der Waals surface area contributed by atoms with E-state index in [1.165, 1.54) is 0 Å². The van der Waals surface area contributed by atoms with E-state index in [0.717, 1.165) is 29.9 Å². The molecule has 1 amide bonds. The third kappa shape index (κ3) is 2.70. The molecule has 3 nitrogen and oxygen atoms in total. The normalized spacial score (nSPS) is 14.0. The summed E-state index contributed by atoms with van der Waals surface area (Å²) in [5.74, 6) is 7.04. The molecule has 0 unspecified atom stereocenters. The SMILES string of the molecule is O=C1CCCN1c1ccc(C#Cc2ccccc2)cn1. The Bertz CT molecular complexity index is 666. The van der Waals surface area contributed by atoms with Gasteiger partial charge in [0.05, 0.1) is 0 Å². The summed E-state index contributed by atoms with van der Waals surface area (Å²) in [5.41, 5.74) is 1.83. The molecule has 0 aliphatic carbocycles. The predicted molar refractivity (Wildman–Crippen MR) is 78.2 cm³/mol. The maximum Gasteiger partial charge on any atom is 0.228 e. The van der Waals surface area contributed by atoms with Gasteiger partial charge in [-0.05, 0) is 30.7 Å². The first-order chi connectivity index (χ1) is 9.83. The minimum Gasteiger partial charge on any atom is -0.297 e. The first-order valence-corrected chi connectivity index (χ1v) is 6.66. The van der Waals surface area contributed by atoms with Gasteiger partial charge in [0.25, 0.3) is 0 Å². The summed E-state index contributed by atoms with van der Waals surface area (Å²) >= 11 is 0. The van der Waals surface area contributed by atoms with Gasteiger partial charge in [-0.1, -0.05) is 30.0 Å². The fourth-order valence-electron chi connectivity index (χ4n) is 2.18. The summed E-state index contributed by atoms with van der Waals surface area (Å²) < 4.78 is 0. The molecule has 1 aromatic carbocycles. The third-order valence-corrected chi connectivity index (χ3v) is 3.22. The van der Waals surface area contributed by atoms with Gasteiger partial charge in [0.1, 0.15) is 5.82 Å². The van der Waals surface area contributed by atoms with Crippen LogP contribution in [-0.2, 0) is 4.79 Å². The lowest BCUT2D eigenvalue weighted by molar-refractivity contribution is -0.117. The lowest BCUT2D eigenvalue weighted by Crippen LogP contribution is -2.24. The molecule has 1 fully saturated rings. The number of anilines is 1. The van der Waals surface area contributed by atoms with E-state index in [2.05, 4.69) is 16.8 Å². The summed E-state index contributed by atoms with van der Waals surface area (Å²) in [4.78, 5) is 17.7. The smallest absolute Gasteiger partial charge is 0.228 e. The zero-order valence-electron chi connectivity index (χ0n) is 11.0. The lowest BCUT2D eigenvalue weighted by Gasteiger charge is -2.13. The van der Waals surface area contributed by atoms with E-state index in [0.29, 0.717) is 6.42 Å². The van der Waals surface area contributed by atoms with E-state index < -0.39 is 0 Å². The molecular weight excluding hydrogens is 248 g/mol. The molecule has 1 aliphatic rings. The minimum absolute atomic E-state index is 0.153. The van der Waals surface area contributed by atoms with Crippen LogP contribution in [0.4, 0.5) is 5.82 Å². The highest BCUT2D eigenvalue weighted by molar-refractivity contribution is 5.94. The standard InChI is InChI=1S/C17H14N2O/c20-17-7-4-12-19(17)16-11-10-15(13-18-16)9-8-14-5-2-1-3-6-14/h1-3,5-6,10-11,13H,4,7,12H2. The van der Waals surface area contributed by atoms with Crippen LogP contribution < -0.4 is 4.90 Å². The Kier molecular flexibility index (Phi) is 3.47. The van der Waals surface area contributed by atoms with Gasteiger partial charge in [0, 0.05) is 30.3 Å². The highest BCUT2D eigenvalue weighted by atomic mass is 16.2.